The Balaban J connectivity index is 2.11. The number of hydrogen-bond donors (Lipinski definition) is 1. The first-order valence-corrected chi connectivity index (χ1v) is 5.95. The zero-order chi connectivity index (χ0) is 13.4. The molecule has 1 N–H and O–H groups in total. The number of imidazole rings is 1. The van der Waals surface area contributed by atoms with Crippen molar-refractivity contribution in [1.29, 1.82) is 0 Å². The first-order valence-electron chi connectivity index (χ1n) is 5.95. The summed E-state index contributed by atoms with van der Waals surface area (Å²) in [5.74, 6) is -0.937. The van der Waals surface area contributed by atoms with Crippen LogP contribution in [0.4, 0.5) is 0 Å². The van der Waals surface area contributed by atoms with Gasteiger partial charge in [0.25, 0.3) is 0 Å². The van der Waals surface area contributed by atoms with Gasteiger partial charge in [0.1, 0.15) is 5.65 Å². The van der Waals surface area contributed by atoms with Gasteiger partial charge in [-0.05, 0) is 18.6 Å². The lowest BCUT2D eigenvalue weighted by Gasteiger charge is -2.22. The van der Waals surface area contributed by atoms with Crippen molar-refractivity contribution in [3.8, 4) is 0 Å². The van der Waals surface area contributed by atoms with E-state index in [1.165, 1.54) is 0 Å². The molecule has 3 heterocycles. The minimum absolute atomic E-state index is 0.243. The third kappa shape index (κ3) is 1.81. The summed E-state index contributed by atoms with van der Waals surface area (Å²) >= 11 is 0. The molecule has 0 aliphatic carbocycles. The largest absolute Gasteiger partial charge is 0.303 e. The number of piperidine rings is 1. The van der Waals surface area contributed by atoms with Crippen LogP contribution < -0.4 is 5.32 Å². The predicted molar refractivity (Wildman–Crippen MR) is 65.7 cm³/mol. The molecular formula is C13H11N3O3. The molecule has 1 aliphatic heterocycles. The normalized spacial score (nSPS) is 19.5. The van der Waals surface area contributed by atoms with E-state index < -0.39 is 5.92 Å². The number of aldehydes is 1. The van der Waals surface area contributed by atoms with Crippen molar-refractivity contribution in [3.63, 3.8) is 0 Å². The Kier molecular flexibility index (Phi) is 2.63. The van der Waals surface area contributed by atoms with Crippen LogP contribution in [0.3, 0.4) is 0 Å². The molecule has 2 aromatic heterocycles. The lowest BCUT2D eigenvalue weighted by Crippen LogP contribution is -2.40. The number of nitrogens with zero attached hydrogens (tertiary/aromatic N) is 2. The van der Waals surface area contributed by atoms with E-state index in [0.717, 1.165) is 12.0 Å². The Hall–Kier alpha value is -2.50. The number of fused-ring (bicyclic) bond motifs is 1. The van der Waals surface area contributed by atoms with Crippen molar-refractivity contribution in [2.75, 3.05) is 0 Å². The zero-order valence-corrected chi connectivity index (χ0v) is 10.00. The van der Waals surface area contributed by atoms with Crippen LogP contribution in [0.15, 0.2) is 24.5 Å². The predicted octanol–water partition coefficient (Wildman–Crippen LogP) is 0.667. The van der Waals surface area contributed by atoms with E-state index >= 15 is 0 Å². The van der Waals surface area contributed by atoms with Gasteiger partial charge in [-0.25, -0.2) is 4.98 Å². The topological polar surface area (TPSA) is 80.5 Å². The highest BCUT2D eigenvalue weighted by molar-refractivity contribution is 6.01. The third-order valence-electron chi connectivity index (χ3n) is 3.33. The maximum Gasteiger partial charge on any atom is 0.235 e. The highest BCUT2D eigenvalue weighted by Gasteiger charge is 2.29. The summed E-state index contributed by atoms with van der Waals surface area (Å²) in [6.07, 6.45) is 4.82. The van der Waals surface area contributed by atoms with Gasteiger partial charge in [0.05, 0.1) is 11.5 Å². The molecule has 2 aromatic rings. The Labute approximate surface area is 108 Å². The molecule has 1 saturated heterocycles. The second kappa shape index (κ2) is 4.31. The van der Waals surface area contributed by atoms with E-state index in [-0.39, 0.29) is 11.8 Å². The van der Waals surface area contributed by atoms with Crippen LogP contribution in [0.1, 0.15) is 34.8 Å². The van der Waals surface area contributed by atoms with Gasteiger partial charge in [-0.3, -0.25) is 19.7 Å². The summed E-state index contributed by atoms with van der Waals surface area (Å²) in [6.45, 7) is 0. The van der Waals surface area contributed by atoms with Gasteiger partial charge in [0.2, 0.25) is 11.8 Å². The summed E-state index contributed by atoms with van der Waals surface area (Å²) in [5.41, 5.74) is 1.74. The molecule has 0 spiro atoms. The van der Waals surface area contributed by atoms with Gasteiger partial charge in [0, 0.05) is 24.5 Å². The average Bonchev–Trinajstić information content (AvgIpc) is 2.87. The number of aromatic nitrogens is 2. The van der Waals surface area contributed by atoms with Crippen LogP contribution in [0.2, 0.25) is 0 Å². The van der Waals surface area contributed by atoms with Crippen molar-refractivity contribution in [2.45, 2.75) is 18.8 Å². The molecule has 6 heteroatoms. The lowest BCUT2D eigenvalue weighted by atomic mass is 9.94. The highest BCUT2D eigenvalue weighted by atomic mass is 16.2. The maximum atomic E-state index is 11.9. The maximum absolute atomic E-state index is 11.9. The molecule has 0 bridgehead atoms. The monoisotopic (exact) mass is 257 g/mol. The number of carbonyl (C=O) groups excluding carboxylic acids is 3. The Morgan fingerprint density at radius 3 is 2.95 bits per heavy atom. The fourth-order valence-electron chi connectivity index (χ4n) is 2.41. The summed E-state index contributed by atoms with van der Waals surface area (Å²) in [6, 6.07) is 3.38. The second-order valence-electron chi connectivity index (χ2n) is 4.46. The van der Waals surface area contributed by atoms with E-state index in [9.17, 15) is 14.4 Å². The molecule has 0 saturated carbocycles. The van der Waals surface area contributed by atoms with Crippen molar-refractivity contribution < 1.29 is 14.4 Å². The third-order valence-corrected chi connectivity index (χ3v) is 3.33. The van der Waals surface area contributed by atoms with E-state index in [1.54, 1.807) is 28.9 Å². The van der Waals surface area contributed by atoms with E-state index in [0.29, 0.717) is 24.1 Å². The first kappa shape index (κ1) is 11.6. The van der Waals surface area contributed by atoms with Crippen LogP contribution in [0.5, 0.6) is 0 Å². The second-order valence-corrected chi connectivity index (χ2v) is 4.46. The number of pyridine rings is 1. The van der Waals surface area contributed by atoms with Crippen molar-refractivity contribution >= 4 is 23.7 Å². The van der Waals surface area contributed by atoms with E-state index in [1.807, 2.05) is 0 Å². The number of hydrogen-bond acceptors (Lipinski definition) is 4. The summed E-state index contributed by atoms with van der Waals surface area (Å²) in [5, 5.41) is 2.33. The van der Waals surface area contributed by atoms with Gasteiger partial charge >= 0.3 is 0 Å². The van der Waals surface area contributed by atoms with Crippen LogP contribution in [-0.2, 0) is 9.59 Å². The van der Waals surface area contributed by atoms with Gasteiger partial charge in [-0.15, -0.1) is 0 Å². The number of rotatable bonds is 2. The Bertz CT molecular complexity index is 689. The van der Waals surface area contributed by atoms with Gasteiger partial charge in [-0.1, -0.05) is 0 Å². The van der Waals surface area contributed by atoms with Gasteiger partial charge < -0.3 is 4.40 Å². The quantitative estimate of drug-likeness (QED) is 0.633. The van der Waals surface area contributed by atoms with Gasteiger partial charge in [-0.2, -0.15) is 0 Å². The standard InChI is InChI=1S/C13H11N3O3/c17-7-8-1-3-10(16-6-5-14-12(8)16)9-2-4-11(18)15-13(9)19/h1,3,5-7,9H,2,4H2,(H,15,18,19). The highest BCUT2D eigenvalue weighted by Crippen LogP contribution is 2.26. The molecule has 1 fully saturated rings. The Morgan fingerprint density at radius 2 is 2.21 bits per heavy atom. The lowest BCUT2D eigenvalue weighted by molar-refractivity contribution is -0.134. The van der Waals surface area contributed by atoms with Crippen LogP contribution in [0.25, 0.3) is 5.65 Å². The van der Waals surface area contributed by atoms with Crippen molar-refractivity contribution in [2.24, 2.45) is 0 Å². The molecule has 1 aliphatic rings. The van der Waals surface area contributed by atoms with Crippen LogP contribution in [0, 0.1) is 0 Å². The molecule has 0 radical (unpaired) electrons. The first-order chi connectivity index (χ1) is 9.20. The summed E-state index contributed by atoms with van der Waals surface area (Å²) in [4.78, 5) is 38.1. The molecule has 96 valence electrons. The molecule has 3 rings (SSSR count). The Morgan fingerprint density at radius 1 is 1.37 bits per heavy atom. The summed E-state index contributed by atoms with van der Waals surface area (Å²) in [7, 11) is 0. The van der Waals surface area contributed by atoms with E-state index in [4.69, 9.17) is 0 Å². The fourth-order valence-corrected chi connectivity index (χ4v) is 2.41. The van der Waals surface area contributed by atoms with Crippen LogP contribution in [-0.4, -0.2) is 27.5 Å². The molecule has 1 unspecified atom stereocenters. The summed E-state index contributed by atoms with van der Waals surface area (Å²) < 4.78 is 1.73. The molecule has 0 aromatic carbocycles. The molecule has 6 nitrogen and oxygen atoms in total. The number of imide groups is 1. The number of amides is 2. The molecule has 2 amide bonds. The zero-order valence-electron chi connectivity index (χ0n) is 10.00. The minimum Gasteiger partial charge on any atom is -0.303 e. The number of carbonyl (C=O) groups is 3. The smallest absolute Gasteiger partial charge is 0.235 e. The average molecular weight is 257 g/mol. The SMILES string of the molecule is O=Cc1ccc(C2CCC(=O)NC2=O)n2ccnc12. The molecule has 19 heavy (non-hydrogen) atoms. The van der Waals surface area contributed by atoms with Gasteiger partial charge in [0.15, 0.2) is 6.29 Å². The van der Waals surface area contributed by atoms with Crippen molar-refractivity contribution in [1.82, 2.24) is 14.7 Å². The molecule has 1 atom stereocenters. The number of nitrogens with one attached hydrogen (secondary N) is 1. The van der Waals surface area contributed by atoms with Crippen molar-refractivity contribution in [3.05, 3.63) is 35.8 Å². The van der Waals surface area contributed by atoms with Crippen LogP contribution >= 0.6 is 0 Å². The van der Waals surface area contributed by atoms with E-state index in [2.05, 4.69) is 10.3 Å². The minimum atomic E-state index is -0.393. The fraction of sp³-hybridized carbons (Fsp3) is 0.231. The molecular weight excluding hydrogens is 246 g/mol.